The Kier molecular flexibility index (Phi) is 4.78. The summed E-state index contributed by atoms with van der Waals surface area (Å²) in [5.74, 6) is -0.616. The largest absolute Gasteiger partial charge is 0.457 e. The predicted octanol–water partition coefficient (Wildman–Crippen LogP) is 4.57. The zero-order valence-electron chi connectivity index (χ0n) is 15.3. The first-order chi connectivity index (χ1) is 13.9. The molecule has 1 aromatic heterocycles. The Morgan fingerprint density at radius 2 is 1.62 bits per heavy atom. The van der Waals surface area contributed by atoms with Gasteiger partial charge in [0.25, 0.3) is 11.8 Å². The van der Waals surface area contributed by atoms with Gasteiger partial charge in [0.15, 0.2) is 0 Å². The van der Waals surface area contributed by atoms with Gasteiger partial charge in [-0.3, -0.25) is 14.9 Å². The van der Waals surface area contributed by atoms with E-state index < -0.39 is 17.8 Å². The summed E-state index contributed by atoms with van der Waals surface area (Å²) in [6, 6.07) is 16.5. The van der Waals surface area contributed by atoms with Crippen LogP contribution in [0.3, 0.4) is 0 Å². The molecule has 1 N–H and O–H groups in total. The summed E-state index contributed by atoms with van der Waals surface area (Å²) in [5.41, 5.74) is 1.96. The zero-order chi connectivity index (χ0) is 20.5. The van der Waals surface area contributed by atoms with Gasteiger partial charge < -0.3 is 4.42 Å². The number of barbiturate groups is 1. The summed E-state index contributed by atoms with van der Waals surface area (Å²) in [7, 11) is 0. The number of aryl methyl sites for hydroxylation is 1. The molecule has 4 rings (SSSR count). The number of anilines is 1. The van der Waals surface area contributed by atoms with Crippen molar-refractivity contribution in [1.82, 2.24) is 5.32 Å². The SMILES string of the molecule is Cc1ccc(N2C(=O)NC(=O)/C(=C\c3ccc(-c4ccc(Cl)cc4)o3)C2=O)cc1. The number of amides is 4. The number of hydrogen-bond donors (Lipinski definition) is 1. The van der Waals surface area contributed by atoms with Crippen LogP contribution in [0.4, 0.5) is 10.5 Å². The van der Waals surface area contributed by atoms with E-state index >= 15 is 0 Å². The third-order valence-corrected chi connectivity index (χ3v) is 4.69. The molecule has 0 bridgehead atoms. The van der Waals surface area contributed by atoms with Crippen molar-refractivity contribution in [1.29, 1.82) is 0 Å². The van der Waals surface area contributed by atoms with Crippen LogP contribution in [0.15, 0.2) is 70.7 Å². The van der Waals surface area contributed by atoms with Crippen LogP contribution in [0.2, 0.25) is 5.02 Å². The fourth-order valence-electron chi connectivity index (χ4n) is 2.93. The zero-order valence-corrected chi connectivity index (χ0v) is 16.1. The van der Waals surface area contributed by atoms with Gasteiger partial charge in [-0.05, 0) is 61.5 Å². The summed E-state index contributed by atoms with van der Waals surface area (Å²) < 4.78 is 5.74. The minimum atomic E-state index is -0.790. The minimum Gasteiger partial charge on any atom is -0.457 e. The lowest BCUT2D eigenvalue weighted by Gasteiger charge is -2.26. The summed E-state index contributed by atoms with van der Waals surface area (Å²) in [5, 5.41) is 2.80. The Balaban J connectivity index is 1.66. The molecule has 6 nitrogen and oxygen atoms in total. The Morgan fingerprint density at radius 3 is 2.31 bits per heavy atom. The van der Waals surface area contributed by atoms with Crippen molar-refractivity contribution in [3.8, 4) is 11.3 Å². The van der Waals surface area contributed by atoms with Gasteiger partial charge in [-0.25, -0.2) is 9.69 Å². The van der Waals surface area contributed by atoms with Crippen molar-refractivity contribution in [3.63, 3.8) is 0 Å². The van der Waals surface area contributed by atoms with Gasteiger partial charge in [-0.1, -0.05) is 29.3 Å². The van der Waals surface area contributed by atoms with E-state index in [0.29, 0.717) is 22.2 Å². The molecule has 2 heterocycles. The summed E-state index contributed by atoms with van der Waals surface area (Å²) in [6.45, 7) is 1.89. The van der Waals surface area contributed by atoms with E-state index in [-0.39, 0.29) is 5.57 Å². The molecular formula is C22H15ClN2O4. The fraction of sp³-hybridized carbons (Fsp3) is 0.0455. The van der Waals surface area contributed by atoms with Crippen LogP contribution in [0.25, 0.3) is 17.4 Å². The first kappa shape index (κ1) is 18.7. The molecule has 1 aliphatic rings. The first-order valence-electron chi connectivity index (χ1n) is 8.76. The number of carbonyl (C=O) groups is 3. The lowest BCUT2D eigenvalue weighted by molar-refractivity contribution is -0.122. The highest BCUT2D eigenvalue weighted by molar-refractivity contribution is 6.39. The normalized spacial score (nSPS) is 15.7. The maximum Gasteiger partial charge on any atom is 0.335 e. The molecule has 0 unspecified atom stereocenters. The van der Waals surface area contributed by atoms with Crippen LogP contribution in [0, 0.1) is 6.92 Å². The van der Waals surface area contributed by atoms with Gasteiger partial charge >= 0.3 is 6.03 Å². The fourth-order valence-corrected chi connectivity index (χ4v) is 3.05. The Hall–Kier alpha value is -3.64. The molecule has 0 saturated carbocycles. The van der Waals surface area contributed by atoms with Gasteiger partial charge in [0.05, 0.1) is 5.69 Å². The van der Waals surface area contributed by atoms with Crippen LogP contribution in [0.1, 0.15) is 11.3 Å². The quantitative estimate of drug-likeness (QED) is 0.510. The molecule has 2 aromatic carbocycles. The molecule has 0 radical (unpaired) electrons. The molecule has 3 aromatic rings. The topological polar surface area (TPSA) is 79.6 Å². The highest BCUT2D eigenvalue weighted by atomic mass is 35.5. The van der Waals surface area contributed by atoms with Crippen molar-refractivity contribution >= 4 is 41.2 Å². The molecule has 1 fully saturated rings. The number of nitrogens with one attached hydrogen (secondary N) is 1. The number of furan rings is 1. The third kappa shape index (κ3) is 3.70. The molecule has 29 heavy (non-hydrogen) atoms. The second-order valence-corrected chi connectivity index (χ2v) is 6.94. The van der Waals surface area contributed by atoms with Gasteiger partial charge in [-0.15, -0.1) is 0 Å². The average molecular weight is 407 g/mol. The number of carbonyl (C=O) groups excluding carboxylic acids is 3. The molecule has 0 atom stereocenters. The monoisotopic (exact) mass is 406 g/mol. The average Bonchev–Trinajstić information content (AvgIpc) is 3.16. The van der Waals surface area contributed by atoms with Gasteiger partial charge in [-0.2, -0.15) is 0 Å². The van der Waals surface area contributed by atoms with E-state index in [1.807, 2.05) is 6.92 Å². The maximum absolute atomic E-state index is 12.9. The van der Waals surface area contributed by atoms with Crippen molar-refractivity contribution < 1.29 is 18.8 Å². The number of urea groups is 1. The number of rotatable bonds is 3. The Morgan fingerprint density at radius 1 is 0.931 bits per heavy atom. The number of halogens is 1. The van der Waals surface area contributed by atoms with Crippen molar-refractivity contribution in [2.75, 3.05) is 4.90 Å². The third-order valence-electron chi connectivity index (χ3n) is 4.44. The summed E-state index contributed by atoms with van der Waals surface area (Å²) in [4.78, 5) is 38.3. The van der Waals surface area contributed by atoms with Crippen molar-refractivity contribution in [2.45, 2.75) is 6.92 Å². The molecule has 1 aliphatic heterocycles. The van der Waals surface area contributed by atoms with Crippen LogP contribution in [-0.4, -0.2) is 17.8 Å². The minimum absolute atomic E-state index is 0.192. The number of benzene rings is 2. The number of hydrogen-bond acceptors (Lipinski definition) is 4. The maximum atomic E-state index is 12.9. The van der Waals surface area contributed by atoms with Gasteiger partial charge in [0.2, 0.25) is 0 Å². The number of nitrogens with zero attached hydrogens (tertiary/aromatic N) is 1. The molecular weight excluding hydrogens is 392 g/mol. The summed E-state index contributed by atoms with van der Waals surface area (Å²) >= 11 is 5.90. The first-order valence-corrected chi connectivity index (χ1v) is 9.14. The second-order valence-electron chi connectivity index (χ2n) is 6.50. The highest BCUT2D eigenvalue weighted by Gasteiger charge is 2.37. The van der Waals surface area contributed by atoms with Gasteiger partial charge in [0, 0.05) is 10.6 Å². The standard InChI is InChI=1S/C22H15ClN2O4/c1-13-2-8-16(9-3-13)25-21(27)18(20(26)24-22(25)28)12-17-10-11-19(29-17)14-4-6-15(23)7-5-14/h2-12H,1H3,(H,24,26,28)/b18-12+. The smallest absolute Gasteiger partial charge is 0.335 e. The Labute approximate surface area is 171 Å². The molecule has 0 aliphatic carbocycles. The van der Waals surface area contributed by atoms with E-state index in [1.54, 1.807) is 60.7 Å². The van der Waals surface area contributed by atoms with Crippen LogP contribution in [0.5, 0.6) is 0 Å². The summed E-state index contributed by atoms with van der Waals surface area (Å²) in [6.07, 6.45) is 1.32. The lowest BCUT2D eigenvalue weighted by Crippen LogP contribution is -2.54. The second kappa shape index (κ2) is 7.41. The molecule has 1 saturated heterocycles. The predicted molar refractivity (Wildman–Crippen MR) is 109 cm³/mol. The van der Waals surface area contributed by atoms with E-state index in [0.717, 1.165) is 16.0 Å². The molecule has 4 amide bonds. The van der Waals surface area contributed by atoms with E-state index in [2.05, 4.69) is 5.32 Å². The lowest BCUT2D eigenvalue weighted by atomic mass is 10.1. The van der Waals surface area contributed by atoms with E-state index in [9.17, 15) is 14.4 Å². The van der Waals surface area contributed by atoms with E-state index in [4.69, 9.17) is 16.0 Å². The van der Waals surface area contributed by atoms with Crippen molar-refractivity contribution in [2.24, 2.45) is 0 Å². The Bertz CT molecular complexity index is 1140. The van der Waals surface area contributed by atoms with Crippen LogP contribution >= 0.6 is 11.6 Å². The van der Waals surface area contributed by atoms with Crippen LogP contribution < -0.4 is 10.2 Å². The number of imide groups is 2. The van der Waals surface area contributed by atoms with Crippen molar-refractivity contribution in [3.05, 3.63) is 82.6 Å². The van der Waals surface area contributed by atoms with Crippen LogP contribution in [-0.2, 0) is 9.59 Å². The molecule has 144 valence electrons. The van der Waals surface area contributed by atoms with Gasteiger partial charge in [0.1, 0.15) is 17.1 Å². The molecule has 0 spiro atoms. The molecule has 7 heteroatoms. The highest BCUT2D eigenvalue weighted by Crippen LogP contribution is 2.26. The van der Waals surface area contributed by atoms with E-state index in [1.165, 1.54) is 6.08 Å².